The van der Waals surface area contributed by atoms with E-state index in [1.807, 2.05) is 0 Å². The average Bonchev–Trinajstić information content (AvgIpc) is 2.76. The van der Waals surface area contributed by atoms with E-state index in [2.05, 4.69) is 0 Å². The highest BCUT2D eigenvalue weighted by Gasteiger charge is 2.43. The van der Waals surface area contributed by atoms with Crippen molar-refractivity contribution < 1.29 is 44.2 Å². The largest absolute Gasteiger partial charge is 0.507 e. The molecule has 170 valence electrons. The van der Waals surface area contributed by atoms with Crippen LogP contribution in [-0.2, 0) is 4.74 Å². The normalized spacial score (nSPS) is 25.6. The lowest BCUT2D eigenvalue weighted by atomic mass is 10.00. The number of methoxy groups -OCH3 is 1. The van der Waals surface area contributed by atoms with Crippen molar-refractivity contribution in [3.05, 3.63) is 46.6 Å². The van der Waals surface area contributed by atoms with Gasteiger partial charge >= 0.3 is 0 Å². The molecular formula is C22H22O10. The van der Waals surface area contributed by atoms with Crippen molar-refractivity contribution in [2.75, 3.05) is 7.11 Å². The molecule has 1 aromatic heterocycles. The average molecular weight is 446 g/mol. The van der Waals surface area contributed by atoms with Gasteiger partial charge in [-0.1, -0.05) is 0 Å². The Hall–Kier alpha value is -3.31. The van der Waals surface area contributed by atoms with Crippen LogP contribution < -0.4 is 14.9 Å². The smallest absolute Gasteiger partial charge is 0.229 e. The van der Waals surface area contributed by atoms with Gasteiger partial charge in [-0.25, -0.2) is 0 Å². The Bertz CT molecular complexity index is 1200. The maximum Gasteiger partial charge on any atom is 0.229 e. The summed E-state index contributed by atoms with van der Waals surface area (Å²) >= 11 is 0. The van der Waals surface area contributed by atoms with Crippen LogP contribution in [0.1, 0.15) is 6.92 Å². The molecule has 5 atom stereocenters. The number of hydrogen-bond acceptors (Lipinski definition) is 10. The van der Waals surface area contributed by atoms with Gasteiger partial charge in [-0.2, -0.15) is 0 Å². The lowest BCUT2D eigenvalue weighted by Crippen LogP contribution is -2.58. The molecule has 10 nitrogen and oxygen atoms in total. The number of aromatic hydroxyl groups is 2. The number of phenolic OH excluding ortho intramolecular Hbond substituents is 2. The second kappa shape index (κ2) is 8.32. The third-order valence-electron chi connectivity index (χ3n) is 5.31. The zero-order chi connectivity index (χ0) is 23.2. The molecule has 2 heterocycles. The molecular weight excluding hydrogens is 424 g/mol. The van der Waals surface area contributed by atoms with Crippen molar-refractivity contribution in [3.8, 4) is 34.3 Å². The number of aliphatic hydroxyl groups excluding tert-OH is 3. The van der Waals surface area contributed by atoms with Crippen LogP contribution in [0.4, 0.5) is 0 Å². The van der Waals surface area contributed by atoms with Gasteiger partial charge in [0.1, 0.15) is 46.5 Å². The van der Waals surface area contributed by atoms with Gasteiger partial charge in [0.25, 0.3) is 0 Å². The fraction of sp³-hybridized carbons (Fsp3) is 0.318. The van der Waals surface area contributed by atoms with E-state index >= 15 is 0 Å². The summed E-state index contributed by atoms with van der Waals surface area (Å²) in [6.07, 6.45) is -6.43. The number of rotatable bonds is 4. The summed E-state index contributed by atoms with van der Waals surface area (Å²) in [7, 11) is 1.41. The first-order valence-electron chi connectivity index (χ1n) is 9.74. The summed E-state index contributed by atoms with van der Waals surface area (Å²) in [5.41, 5.74) is -0.0454. The zero-order valence-electron chi connectivity index (χ0n) is 17.1. The first-order chi connectivity index (χ1) is 15.2. The van der Waals surface area contributed by atoms with Gasteiger partial charge < -0.3 is 44.2 Å². The predicted octanol–water partition coefficient (Wildman–Crippen LogP) is 1.09. The van der Waals surface area contributed by atoms with Crippen LogP contribution >= 0.6 is 0 Å². The molecule has 3 aromatic rings. The van der Waals surface area contributed by atoms with Gasteiger partial charge in [-0.05, 0) is 25.1 Å². The Balaban J connectivity index is 1.65. The molecule has 5 N–H and O–H groups in total. The summed E-state index contributed by atoms with van der Waals surface area (Å²) in [5, 5.41) is 50.2. The first kappa shape index (κ1) is 21.9. The van der Waals surface area contributed by atoms with Crippen molar-refractivity contribution in [2.24, 2.45) is 0 Å². The van der Waals surface area contributed by atoms with E-state index < -0.39 is 36.1 Å². The minimum absolute atomic E-state index is 0.00275. The Morgan fingerprint density at radius 1 is 0.938 bits per heavy atom. The summed E-state index contributed by atoms with van der Waals surface area (Å²) < 4.78 is 21.7. The second-order valence-electron chi connectivity index (χ2n) is 7.48. The molecule has 2 aromatic carbocycles. The van der Waals surface area contributed by atoms with Crippen LogP contribution in [0, 0.1) is 0 Å². The van der Waals surface area contributed by atoms with Crippen molar-refractivity contribution in [3.63, 3.8) is 0 Å². The van der Waals surface area contributed by atoms with Crippen LogP contribution in [0.2, 0.25) is 0 Å². The molecule has 0 amide bonds. The minimum Gasteiger partial charge on any atom is -0.507 e. The van der Waals surface area contributed by atoms with Crippen molar-refractivity contribution in [1.29, 1.82) is 0 Å². The van der Waals surface area contributed by atoms with Crippen molar-refractivity contribution in [1.82, 2.24) is 0 Å². The van der Waals surface area contributed by atoms with Gasteiger partial charge in [-0.15, -0.1) is 0 Å². The van der Waals surface area contributed by atoms with Gasteiger partial charge in [-0.3, -0.25) is 4.79 Å². The molecule has 1 saturated heterocycles. The summed E-state index contributed by atoms with van der Waals surface area (Å²) in [6, 6.07) is 8.09. The summed E-state index contributed by atoms with van der Waals surface area (Å²) in [4.78, 5) is 12.5. The van der Waals surface area contributed by atoms with Crippen LogP contribution in [-0.4, -0.2) is 63.3 Å². The highest BCUT2D eigenvalue weighted by molar-refractivity contribution is 5.86. The number of fused-ring (bicyclic) bond motifs is 1. The molecule has 32 heavy (non-hydrogen) atoms. The van der Waals surface area contributed by atoms with Crippen LogP contribution in [0.25, 0.3) is 22.3 Å². The van der Waals surface area contributed by atoms with E-state index in [0.29, 0.717) is 11.3 Å². The van der Waals surface area contributed by atoms with E-state index in [1.165, 1.54) is 50.4 Å². The third kappa shape index (κ3) is 3.84. The summed E-state index contributed by atoms with van der Waals surface area (Å²) in [6.45, 7) is 1.51. The monoisotopic (exact) mass is 446 g/mol. The van der Waals surface area contributed by atoms with Crippen LogP contribution in [0.5, 0.6) is 23.0 Å². The topological polar surface area (TPSA) is 159 Å². The van der Waals surface area contributed by atoms with E-state index in [4.69, 9.17) is 18.6 Å². The van der Waals surface area contributed by atoms with Gasteiger partial charge in [0.15, 0.2) is 16.9 Å². The second-order valence-corrected chi connectivity index (χ2v) is 7.48. The predicted molar refractivity (Wildman–Crippen MR) is 111 cm³/mol. The highest BCUT2D eigenvalue weighted by Crippen LogP contribution is 2.36. The molecule has 1 fully saturated rings. The van der Waals surface area contributed by atoms with E-state index in [-0.39, 0.29) is 34.0 Å². The fourth-order valence-electron chi connectivity index (χ4n) is 3.51. The number of benzene rings is 2. The minimum atomic E-state index is -1.54. The Morgan fingerprint density at radius 3 is 2.38 bits per heavy atom. The highest BCUT2D eigenvalue weighted by atomic mass is 16.7. The lowest BCUT2D eigenvalue weighted by molar-refractivity contribution is -0.268. The molecule has 1 aliphatic heterocycles. The molecule has 0 saturated carbocycles. The molecule has 4 rings (SSSR count). The molecule has 0 bridgehead atoms. The van der Waals surface area contributed by atoms with Crippen molar-refractivity contribution >= 4 is 11.0 Å². The van der Waals surface area contributed by atoms with Crippen LogP contribution in [0.15, 0.2) is 45.6 Å². The van der Waals surface area contributed by atoms with Gasteiger partial charge in [0.2, 0.25) is 6.29 Å². The molecule has 0 unspecified atom stereocenters. The number of ether oxygens (including phenoxy) is 3. The van der Waals surface area contributed by atoms with Gasteiger partial charge in [0.05, 0.1) is 13.2 Å². The Kier molecular flexibility index (Phi) is 5.70. The number of hydrogen-bond donors (Lipinski definition) is 5. The lowest BCUT2D eigenvalue weighted by Gasteiger charge is -2.38. The summed E-state index contributed by atoms with van der Waals surface area (Å²) in [5.74, 6) is -0.259. The van der Waals surface area contributed by atoms with E-state index in [0.717, 1.165) is 0 Å². The molecule has 0 spiro atoms. The fourth-order valence-corrected chi connectivity index (χ4v) is 3.51. The molecule has 0 aliphatic carbocycles. The molecule has 10 heteroatoms. The third-order valence-corrected chi connectivity index (χ3v) is 5.31. The Morgan fingerprint density at radius 2 is 1.69 bits per heavy atom. The zero-order valence-corrected chi connectivity index (χ0v) is 17.1. The first-order valence-corrected chi connectivity index (χ1v) is 9.74. The standard InChI is InChI=1S/C22H22O10/c1-9-19(26)20(27)21(28)22(30-9)32-15-4-3-10(5-12(15)23)16-8-14(25)18-13(24)6-11(29-2)7-17(18)31-16/h3-9,19-24,26-28H,1-2H3/t9-,19-,20+,21+,22-/m0/s1. The number of phenols is 2. The van der Waals surface area contributed by atoms with Gasteiger partial charge in [0, 0.05) is 23.8 Å². The van der Waals surface area contributed by atoms with E-state index in [1.54, 1.807) is 0 Å². The SMILES string of the molecule is COc1cc(O)c2c(=O)cc(-c3ccc(O[C@@H]4O[C@@H](C)[C@H](O)[C@@H](O)[C@H]4O)c(O)c3)oc2c1. The maximum atomic E-state index is 12.5. The maximum absolute atomic E-state index is 12.5. The molecule has 0 radical (unpaired) electrons. The number of aliphatic hydroxyl groups is 3. The molecule has 1 aliphatic rings. The van der Waals surface area contributed by atoms with Crippen molar-refractivity contribution in [2.45, 2.75) is 37.6 Å². The van der Waals surface area contributed by atoms with Crippen LogP contribution in [0.3, 0.4) is 0 Å². The quantitative estimate of drug-likeness (QED) is 0.393. The Labute approximate surface area is 181 Å². The van der Waals surface area contributed by atoms with E-state index in [9.17, 15) is 30.3 Å².